The Labute approximate surface area is 135 Å². The van der Waals surface area contributed by atoms with Crippen molar-refractivity contribution >= 4 is 41.7 Å². The fourth-order valence-corrected chi connectivity index (χ4v) is 3.33. The van der Waals surface area contributed by atoms with Gasteiger partial charge in [0.05, 0.1) is 5.75 Å². The Balaban J connectivity index is 0.00000200. The summed E-state index contributed by atoms with van der Waals surface area (Å²) in [7, 11) is 0. The van der Waals surface area contributed by atoms with Crippen LogP contribution in [0.2, 0.25) is 5.02 Å². The van der Waals surface area contributed by atoms with Gasteiger partial charge < -0.3 is 10.6 Å². The van der Waals surface area contributed by atoms with Crippen molar-refractivity contribution in [2.45, 2.75) is 24.6 Å². The molecule has 1 saturated heterocycles. The Kier molecular flexibility index (Phi) is 7.74. The number of nitrogens with zero attached hydrogens (tertiary/aromatic N) is 1. The van der Waals surface area contributed by atoms with E-state index in [1.807, 2.05) is 29.2 Å². The minimum atomic E-state index is 0. The lowest BCUT2D eigenvalue weighted by Crippen LogP contribution is -2.40. The molecule has 0 aromatic heterocycles. The van der Waals surface area contributed by atoms with Crippen LogP contribution in [0.25, 0.3) is 0 Å². The van der Waals surface area contributed by atoms with Crippen molar-refractivity contribution in [2.24, 2.45) is 5.73 Å². The number of halogens is 2. The molecule has 0 aliphatic carbocycles. The van der Waals surface area contributed by atoms with Gasteiger partial charge in [-0.3, -0.25) is 4.79 Å². The van der Waals surface area contributed by atoms with Gasteiger partial charge in [0, 0.05) is 29.9 Å². The molecule has 1 aromatic carbocycles. The normalized spacial score (nSPS) is 17.9. The molecule has 1 aromatic rings. The molecule has 2 rings (SSSR count). The Morgan fingerprint density at radius 1 is 1.40 bits per heavy atom. The topological polar surface area (TPSA) is 46.3 Å². The first kappa shape index (κ1) is 17.6. The minimum Gasteiger partial charge on any atom is -0.338 e. The van der Waals surface area contributed by atoms with Crippen molar-refractivity contribution in [3.8, 4) is 0 Å². The number of amides is 1. The van der Waals surface area contributed by atoms with Crippen molar-refractivity contribution in [1.29, 1.82) is 0 Å². The number of benzene rings is 1. The van der Waals surface area contributed by atoms with Gasteiger partial charge in [0.1, 0.15) is 0 Å². The van der Waals surface area contributed by atoms with Gasteiger partial charge in [-0.1, -0.05) is 23.7 Å². The van der Waals surface area contributed by atoms with Crippen LogP contribution in [0.5, 0.6) is 0 Å². The number of likely N-dealkylation sites (tertiary alicyclic amines) is 1. The van der Waals surface area contributed by atoms with Gasteiger partial charge in [-0.15, -0.1) is 24.2 Å². The molecule has 0 saturated carbocycles. The number of rotatable bonds is 5. The van der Waals surface area contributed by atoms with E-state index in [4.69, 9.17) is 17.3 Å². The molecule has 2 N–H and O–H groups in total. The van der Waals surface area contributed by atoms with Crippen molar-refractivity contribution in [1.82, 2.24) is 4.90 Å². The van der Waals surface area contributed by atoms with Gasteiger partial charge in [-0.05, 0) is 30.5 Å². The van der Waals surface area contributed by atoms with Crippen LogP contribution < -0.4 is 5.73 Å². The van der Waals surface area contributed by atoms with Crippen molar-refractivity contribution in [2.75, 3.05) is 18.8 Å². The van der Waals surface area contributed by atoms with E-state index in [0.717, 1.165) is 30.2 Å². The number of carbonyl (C=O) groups is 1. The van der Waals surface area contributed by atoms with Crippen LogP contribution in [-0.2, 0) is 10.5 Å². The maximum atomic E-state index is 12.1. The van der Waals surface area contributed by atoms with Crippen LogP contribution in [0.4, 0.5) is 0 Å². The van der Waals surface area contributed by atoms with E-state index >= 15 is 0 Å². The molecule has 0 bridgehead atoms. The van der Waals surface area contributed by atoms with Crippen LogP contribution in [0.1, 0.15) is 18.4 Å². The summed E-state index contributed by atoms with van der Waals surface area (Å²) in [6.07, 6.45) is 2.12. The highest BCUT2D eigenvalue weighted by atomic mass is 35.5. The molecule has 3 nitrogen and oxygen atoms in total. The monoisotopic (exact) mass is 334 g/mol. The highest BCUT2D eigenvalue weighted by Crippen LogP contribution is 2.20. The van der Waals surface area contributed by atoms with E-state index in [9.17, 15) is 4.79 Å². The van der Waals surface area contributed by atoms with Gasteiger partial charge in [0.2, 0.25) is 5.91 Å². The lowest BCUT2D eigenvalue weighted by Gasteiger charge is -2.23. The Morgan fingerprint density at radius 3 is 2.75 bits per heavy atom. The van der Waals surface area contributed by atoms with Gasteiger partial charge in [-0.2, -0.15) is 0 Å². The van der Waals surface area contributed by atoms with Crippen LogP contribution >= 0.6 is 35.8 Å². The second kappa shape index (κ2) is 8.78. The molecule has 1 aliphatic heterocycles. The summed E-state index contributed by atoms with van der Waals surface area (Å²) in [5.74, 6) is 1.58. The third kappa shape index (κ3) is 4.85. The molecule has 0 spiro atoms. The summed E-state index contributed by atoms with van der Waals surface area (Å²) in [6.45, 7) is 1.44. The lowest BCUT2D eigenvalue weighted by molar-refractivity contribution is -0.128. The molecule has 1 aliphatic rings. The fourth-order valence-electron chi connectivity index (χ4n) is 2.33. The average molecular weight is 335 g/mol. The second-order valence-corrected chi connectivity index (χ2v) is 6.16. The van der Waals surface area contributed by atoms with Crippen LogP contribution in [-0.4, -0.2) is 35.7 Å². The lowest BCUT2D eigenvalue weighted by atomic mass is 10.2. The molecule has 1 fully saturated rings. The fraction of sp³-hybridized carbons (Fsp3) is 0.500. The van der Waals surface area contributed by atoms with E-state index in [1.165, 1.54) is 5.56 Å². The Bertz CT molecular complexity index is 428. The zero-order valence-corrected chi connectivity index (χ0v) is 13.6. The minimum absolute atomic E-state index is 0. The predicted molar refractivity (Wildman–Crippen MR) is 88.7 cm³/mol. The number of hydrogen-bond acceptors (Lipinski definition) is 3. The first-order chi connectivity index (χ1) is 9.20. The number of hydrogen-bond donors (Lipinski definition) is 1. The molecule has 112 valence electrons. The van der Waals surface area contributed by atoms with E-state index in [2.05, 4.69) is 0 Å². The molecular weight excluding hydrogens is 315 g/mol. The standard InChI is InChI=1S/C14H19ClN2OS.ClH/c15-12-5-3-11(4-6-12)9-19-10-14(18)17-7-1-2-13(17)8-16;/h3-6,13H,1-2,7-10,16H2;1H. The zero-order chi connectivity index (χ0) is 13.7. The van der Waals surface area contributed by atoms with Gasteiger partial charge in [0.15, 0.2) is 0 Å². The van der Waals surface area contributed by atoms with Crippen molar-refractivity contribution in [3.63, 3.8) is 0 Å². The largest absolute Gasteiger partial charge is 0.338 e. The van der Waals surface area contributed by atoms with Gasteiger partial charge >= 0.3 is 0 Å². The van der Waals surface area contributed by atoms with Gasteiger partial charge in [-0.25, -0.2) is 0 Å². The van der Waals surface area contributed by atoms with Crippen LogP contribution in [0.3, 0.4) is 0 Å². The van der Waals surface area contributed by atoms with Crippen LogP contribution in [0.15, 0.2) is 24.3 Å². The van der Waals surface area contributed by atoms with Gasteiger partial charge in [0.25, 0.3) is 0 Å². The van der Waals surface area contributed by atoms with E-state index in [-0.39, 0.29) is 24.4 Å². The summed E-state index contributed by atoms with van der Waals surface area (Å²) in [5.41, 5.74) is 6.88. The SMILES string of the molecule is Cl.NCC1CCCN1C(=O)CSCc1ccc(Cl)cc1. The number of nitrogens with two attached hydrogens (primary N) is 1. The third-order valence-electron chi connectivity index (χ3n) is 3.38. The molecule has 1 heterocycles. The third-order valence-corrected chi connectivity index (χ3v) is 4.62. The summed E-state index contributed by atoms with van der Waals surface area (Å²) in [5, 5.41) is 0.743. The quantitative estimate of drug-likeness (QED) is 0.900. The molecule has 20 heavy (non-hydrogen) atoms. The Hall–Kier alpha value is -0.420. The summed E-state index contributed by atoms with van der Waals surface area (Å²) in [4.78, 5) is 14.0. The highest BCUT2D eigenvalue weighted by Gasteiger charge is 2.26. The first-order valence-electron chi connectivity index (χ1n) is 6.52. The second-order valence-electron chi connectivity index (χ2n) is 4.74. The maximum absolute atomic E-state index is 12.1. The molecule has 1 atom stereocenters. The summed E-state index contributed by atoms with van der Waals surface area (Å²) >= 11 is 7.48. The van der Waals surface area contributed by atoms with E-state index < -0.39 is 0 Å². The molecular formula is C14H20Cl2N2OS. The first-order valence-corrected chi connectivity index (χ1v) is 8.05. The summed E-state index contributed by atoms with van der Waals surface area (Å²) in [6, 6.07) is 8.01. The smallest absolute Gasteiger partial charge is 0.232 e. The molecule has 1 amide bonds. The average Bonchev–Trinajstić information content (AvgIpc) is 2.89. The Morgan fingerprint density at radius 2 is 2.10 bits per heavy atom. The molecule has 6 heteroatoms. The van der Waals surface area contributed by atoms with Crippen molar-refractivity contribution < 1.29 is 4.79 Å². The van der Waals surface area contributed by atoms with Crippen molar-refractivity contribution in [3.05, 3.63) is 34.9 Å². The summed E-state index contributed by atoms with van der Waals surface area (Å²) < 4.78 is 0. The highest BCUT2D eigenvalue weighted by molar-refractivity contribution is 7.99. The predicted octanol–water partition coefficient (Wildman–Crippen LogP) is 2.94. The maximum Gasteiger partial charge on any atom is 0.232 e. The van der Waals surface area contributed by atoms with E-state index in [0.29, 0.717) is 12.3 Å². The van der Waals surface area contributed by atoms with Crippen LogP contribution in [0, 0.1) is 0 Å². The number of carbonyl (C=O) groups excluding carboxylic acids is 1. The number of thioether (sulfide) groups is 1. The zero-order valence-electron chi connectivity index (χ0n) is 11.3. The van der Waals surface area contributed by atoms with E-state index in [1.54, 1.807) is 11.8 Å². The molecule has 0 radical (unpaired) electrons. The molecule has 1 unspecified atom stereocenters.